The van der Waals surface area contributed by atoms with Gasteiger partial charge in [-0.25, -0.2) is 0 Å². The second-order valence-electron chi connectivity index (χ2n) is 6.72. The highest BCUT2D eigenvalue weighted by Gasteiger charge is 2.42. The van der Waals surface area contributed by atoms with Crippen LogP contribution in [0.1, 0.15) is 58.4 Å². The van der Waals surface area contributed by atoms with Crippen LogP contribution in [0.4, 0.5) is 0 Å². The minimum atomic E-state index is -1.06. The Bertz CT molecular complexity index is 420. The van der Waals surface area contributed by atoms with Crippen LogP contribution in [0.25, 0.3) is 0 Å². The van der Waals surface area contributed by atoms with Crippen molar-refractivity contribution in [1.82, 2.24) is 4.72 Å². The second-order valence-corrected chi connectivity index (χ2v) is 8.72. The van der Waals surface area contributed by atoms with Gasteiger partial charge in [-0.3, -0.25) is 0 Å². The minimum Gasteiger partial charge on any atom is -0.598 e. The Hall–Kier alpha value is -0.450. The molecule has 1 aliphatic rings. The van der Waals surface area contributed by atoms with Crippen LogP contribution in [0, 0.1) is 5.41 Å². The van der Waals surface area contributed by atoms with Crippen molar-refractivity contribution in [3.63, 3.8) is 0 Å². The zero-order valence-electron chi connectivity index (χ0n) is 11.9. The molecule has 0 fully saturated rings. The van der Waals surface area contributed by atoms with Crippen LogP contribution in [-0.2, 0) is 17.8 Å². The molecule has 0 aromatic carbocycles. The van der Waals surface area contributed by atoms with Crippen molar-refractivity contribution >= 4 is 11.4 Å². The molecular formula is C14H23NO2S. The molecule has 0 saturated carbocycles. The number of hydrogen-bond acceptors (Lipinski definition) is 3. The van der Waals surface area contributed by atoms with E-state index in [1.165, 1.54) is 5.56 Å². The maximum absolute atomic E-state index is 12.3. The highest BCUT2D eigenvalue weighted by Crippen LogP contribution is 2.44. The summed E-state index contributed by atoms with van der Waals surface area (Å²) in [7, 11) is 0. The number of hydrogen-bond donors (Lipinski definition) is 1. The number of furan rings is 1. The fourth-order valence-corrected chi connectivity index (χ4v) is 3.33. The van der Waals surface area contributed by atoms with Crippen LogP contribution in [0.15, 0.2) is 16.7 Å². The average molecular weight is 269 g/mol. The van der Waals surface area contributed by atoms with Gasteiger partial charge in [-0.1, -0.05) is 13.8 Å². The standard InChI is InChI=1S/C14H23NO2S/c1-13(2,3)18(16)15-12-10-7-9-17-11(10)6-8-14(12,4)5/h7,9,12,15H,6,8H2,1-5H3/t12-,18-/m1/s1. The molecule has 102 valence electrons. The number of fused-ring (bicyclic) bond motifs is 1. The van der Waals surface area contributed by atoms with E-state index in [9.17, 15) is 4.55 Å². The lowest BCUT2D eigenvalue weighted by molar-refractivity contribution is 0.220. The van der Waals surface area contributed by atoms with Gasteiger partial charge in [0.1, 0.15) is 10.5 Å². The van der Waals surface area contributed by atoms with Gasteiger partial charge in [-0.05, 0) is 38.7 Å². The van der Waals surface area contributed by atoms with Gasteiger partial charge >= 0.3 is 0 Å². The summed E-state index contributed by atoms with van der Waals surface area (Å²) in [4.78, 5) is 0. The zero-order valence-corrected chi connectivity index (χ0v) is 12.7. The maximum Gasteiger partial charge on any atom is 0.136 e. The Labute approximate surface area is 113 Å². The van der Waals surface area contributed by atoms with E-state index in [0.717, 1.165) is 18.6 Å². The summed E-state index contributed by atoms with van der Waals surface area (Å²) < 4.78 is 20.9. The Balaban J connectivity index is 2.25. The van der Waals surface area contributed by atoms with Gasteiger partial charge in [-0.15, -0.1) is 4.72 Å². The Morgan fingerprint density at radius 3 is 2.72 bits per heavy atom. The summed E-state index contributed by atoms with van der Waals surface area (Å²) in [5.74, 6) is 1.04. The van der Waals surface area contributed by atoms with Gasteiger partial charge in [0, 0.05) is 23.3 Å². The van der Waals surface area contributed by atoms with Crippen molar-refractivity contribution in [2.24, 2.45) is 5.41 Å². The fraction of sp³-hybridized carbons (Fsp3) is 0.714. The average Bonchev–Trinajstić information content (AvgIpc) is 2.68. The van der Waals surface area contributed by atoms with Gasteiger partial charge in [0.2, 0.25) is 0 Å². The third kappa shape index (κ3) is 2.60. The summed E-state index contributed by atoms with van der Waals surface area (Å²) in [6, 6.07) is 2.10. The number of nitrogens with one attached hydrogen (secondary N) is 1. The van der Waals surface area contributed by atoms with Crippen LogP contribution in [-0.4, -0.2) is 9.30 Å². The smallest absolute Gasteiger partial charge is 0.136 e. The van der Waals surface area contributed by atoms with E-state index in [2.05, 4.69) is 18.6 Å². The molecule has 3 nitrogen and oxygen atoms in total. The second kappa shape index (κ2) is 4.58. The third-order valence-corrected chi connectivity index (χ3v) is 5.21. The fourth-order valence-electron chi connectivity index (χ4n) is 2.32. The van der Waals surface area contributed by atoms with Gasteiger partial charge in [-0.2, -0.15) is 0 Å². The molecule has 0 spiro atoms. The van der Waals surface area contributed by atoms with E-state index in [0.29, 0.717) is 0 Å². The quantitative estimate of drug-likeness (QED) is 0.838. The van der Waals surface area contributed by atoms with Gasteiger partial charge in [0.05, 0.1) is 12.3 Å². The molecule has 1 aliphatic carbocycles. The summed E-state index contributed by atoms with van der Waals surface area (Å²) in [6.45, 7) is 10.4. The van der Waals surface area contributed by atoms with Crippen molar-refractivity contribution in [3.8, 4) is 0 Å². The normalized spacial score (nSPS) is 24.7. The highest BCUT2D eigenvalue weighted by atomic mass is 32.2. The summed E-state index contributed by atoms with van der Waals surface area (Å²) >= 11 is -1.06. The van der Waals surface area contributed by atoms with E-state index in [4.69, 9.17) is 4.42 Å². The summed E-state index contributed by atoms with van der Waals surface area (Å²) in [5.41, 5.74) is 1.27. The van der Waals surface area contributed by atoms with Crippen LogP contribution < -0.4 is 4.72 Å². The first-order valence-corrected chi connectivity index (χ1v) is 7.61. The molecule has 1 aromatic rings. The Kier molecular flexibility index (Phi) is 3.56. The lowest BCUT2D eigenvalue weighted by Crippen LogP contribution is -2.46. The van der Waals surface area contributed by atoms with Crippen LogP contribution in [0.2, 0.25) is 0 Å². The van der Waals surface area contributed by atoms with Gasteiger partial charge < -0.3 is 8.97 Å². The molecular weight excluding hydrogens is 246 g/mol. The summed E-state index contributed by atoms with van der Waals surface area (Å²) in [6.07, 6.45) is 3.75. The monoisotopic (exact) mass is 269 g/mol. The van der Waals surface area contributed by atoms with Crippen molar-refractivity contribution in [1.29, 1.82) is 0 Å². The van der Waals surface area contributed by atoms with Crippen LogP contribution in [0.5, 0.6) is 0 Å². The molecule has 4 heteroatoms. The highest BCUT2D eigenvalue weighted by molar-refractivity contribution is 7.90. The Morgan fingerprint density at radius 2 is 2.11 bits per heavy atom. The van der Waals surface area contributed by atoms with Gasteiger partial charge in [0.25, 0.3) is 0 Å². The van der Waals surface area contributed by atoms with Crippen molar-refractivity contribution in [2.45, 2.75) is 58.2 Å². The molecule has 0 aliphatic heterocycles. The van der Waals surface area contributed by atoms with E-state index in [1.807, 2.05) is 26.8 Å². The Morgan fingerprint density at radius 1 is 1.44 bits per heavy atom. The van der Waals surface area contributed by atoms with Crippen LogP contribution in [0.3, 0.4) is 0 Å². The molecule has 1 aromatic heterocycles. The van der Waals surface area contributed by atoms with Crippen LogP contribution >= 0.6 is 0 Å². The molecule has 0 saturated heterocycles. The van der Waals surface area contributed by atoms with Gasteiger partial charge in [0.15, 0.2) is 0 Å². The molecule has 2 atom stereocenters. The van der Waals surface area contributed by atoms with E-state index in [-0.39, 0.29) is 16.2 Å². The first kappa shape index (κ1) is 14.0. The van der Waals surface area contributed by atoms with Crippen molar-refractivity contribution < 1.29 is 8.97 Å². The predicted molar refractivity (Wildman–Crippen MR) is 74.6 cm³/mol. The molecule has 1 N–H and O–H groups in total. The van der Waals surface area contributed by atoms with Crippen molar-refractivity contribution in [3.05, 3.63) is 23.7 Å². The molecule has 0 radical (unpaired) electrons. The predicted octanol–water partition coefficient (Wildman–Crippen LogP) is 3.34. The van der Waals surface area contributed by atoms with Crippen molar-refractivity contribution in [2.75, 3.05) is 0 Å². The molecule has 18 heavy (non-hydrogen) atoms. The van der Waals surface area contributed by atoms with E-state index in [1.54, 1.807) is 6.26 Å². The largest absolute Gasteiger partial charge is 0.598 e. The lowest BCUT2D eigenvalue weighted by Gasteiger charge is -2.39. The zero-order chi connectivity index (χ0) is 13.6. The van der Waals surface area contributed by atoms with E-state index < -0.39 is 11.4 Å². The molecule has 0 unspecified atom stereocenters. The third-order valence-electron chi connectivity index (χ3n) is 3.65. The SMILES string of the molecule is CC1(C)CCc2occc2[C@H]1N[S@+]([O-])C(C)(C)C. The molecule has 2 rings (SSSR count). The van der Waals surface area contributed by atoms with E-state index >= 15 is 0 Å². The minimum absolute atomic E-state index is 0.0950. The first-order chi connectivity index (χ1) is 8.22. The maximum atomic E-state index is 12.3. The summed E-state index contributed by atoms with van der Waals surface area (Å²) in [5, 5.41) is 0. The number of rotatable bonds is 2. The number of aryl methyl sites for hydroxylation is 1. The lowest BCUT2D eigenvalue weighted by atomic mass is 9.73. The molecule has 1 heterocycles. The topological polar surface area (TPSA) is 48.2 Å². The first-order valence-electron chi connectivity index (χ1n) is 6.46. The molecule has 0 bridgehead atoms. The molecule has 0 amide bonds.